The summed E-state index contributed by atoms with van der Waals surface area (Å²) >= 11 is 0. The van der Waals surface area contributed by atoms with E-state index in [1.165, 1.54) is 37.7 Å². The molecule has 3 fully saturated rings. The van der Waals surface area contributed by atoms with Crippen LogP contribution in [0, 0.1) is 40.4 Å². The van der Waals surface area contributed by atoms with Crippen LogP contribution in [0.2, 0.25) is 0 Å². The summed E-state index contributed by atoms with van der Waals surface area (Å²) in [4.78, 5) is 0. The molecule has 0 aromatic carbocycles. The predicted octanol–water partition coefficient (Wildman–Crippen LogP) is 2.99. The maximum absolute atomic E-state index is 11.1. The Morgan fingerprint density at radius 1 is 1.18 bits per heavy atom. The van der Waals surface area contributed by atoms with Gasteiger partial charge in [0.1, 0.15) is 0 Å². The molecule has 0 amide bonds. The van der Waals surface area contributed by atoms with Crippen molar-refractivity contribution < 1.29 is 51.8 Å². The molecule has 0 aromatic rings. The van der Waals surface area contributed by atoms with Crippen molar-refractivity contribution in [3.63, 3.8) is 0 Å². The quantitative estimate of drug-likeness (QED) is 0.249. The van der Waals surface area contributed by atoms with E-state index >= 15 is 0 Å². The molecule has 4 aliphatic carbocycles. The molecule has 1 N–H and O–H groups in total. The van der Waals surface area contributed by atoms with Crippen molar-refractivity contribution in [2.75, 3.05) is 0 Å². The monoisotopic (exact) mass is 504 g/mol. The minimum absolute atomic E-state index is 0. The molecule has 4 rings (SSSR count). The molecular weight excluding hydrogens is 459 g/mol. The number of allylic oxidation sites excluding steroid dienone is 1. The van der Waals surface area contributed by atoms with E-state index in [4.69, 9.17) is 4.18 Å². The maximum atomic E-state index is 11.1. The topological polar surface area (TPSA) is 86.7 Å². The number of hydrogen-bond donors (Lipinski definition) is 1. The fraction of sp³-hybridized carbons (Fsp3) is 0.926. The average molecular weight is 505 g/mol. The van der Waals surface area contributed by atoms with Crippen molar-refractivity contribution in [2.24, 2.45) is 40.4 Å². The van der Waals surface area contributed by atoms with Gasteiger partial charge in [-0.25, -0.2) is 8.42 Å². The molecule has 0 heterocycles. The first kappa shape index (κ1) is 29.1. The van der Waals surface area contributed by atoms with Crippen molar-refractivity contribution in [1.82, 2.24) is 0 Å². The number of hydrogen-bond acceptors (Lipinski definition) is 5. The molecule has 0 spiro atoms. The zero-order valence-electron chi connectivity index (χ0n) is 22.3. The first-order valence-corrected chi connectivity index (χ1v) is 14.6. The van der Waals surface area contributed by atoms with E-state index in [0.29, 0.717) is 36.0 Å². The number of fused-ring (bicyclic) bond motifs is 5. The van der Waals surface area contributed by atoms with Gasteiger partial charge in [-0.1, -0.05) is 45.3 Å². The van der Waals surface area contributed by atoms with Crippen LogP contribution in [0.15, 0.2) is 11.6 Å². The second kappa shape index (κ2) is 10.4. The van der Waals surface area contributed by atoms with Crippen LogP contribution in [0.25, 0.3) is 0 Å². The Hall–Kier alpha value is 0.570. The minimum atomic E-state index is -4.65. The maximum Gasteiger partial charge on any atom is 1.00 e. The van der Waals surface area contributed by atoms with Gasteiger partial charge in [-0.2, -0.15) is 0 Å². The molecule has 0 bridgehead atoms. The van der Waals surface area contributed by atoms with Crippen LogP contribution < -0.4 is 29.6 Å². The van der Waals surface area contributed by atoms with E-state index in [-0.39, 0.29) is 35.0 Å². The van der Waals surface area contributed by atoms with Gasteiger partial charge in [0, 0.05) is 0 Å². The van der Waals surface area contributed by atoms with Crippen molar-refractivity contribution >= 4 is 10.4 Å². The Balaban J connectivity index is 0.00000324. The normalized spacial score (nSPS) is 40.9. The molecule has 0 aliphatic heterocycles. The van der Waals surface area contributed by atoms with Crippen molar-refractivity contribution in [3.05, 3.63) is 11.6 Å². The Kier molecular flexibility index (Phi) is 8.89. The molecular formula is C27H45NaO5S. The zero-order chi connectivity index (χ0) is 24.2. The van der Waals surface area contributed by atoms with Crippen LogP contribution in [0.3, 0.4) is 0 Å². The Morgan fingerprint density at radius 3 is 2.53 bits per heavy atom. The Labute approximate surface area is 230 Å². The van der Waals surface area contributed by atoms with Crippen LogP contribution in [0.4, 0.5) is 0 Å². The zero-order valence-corrected chi connectivity index (χ0v) is 25.1. The van der Waals surface area contributed by atoms with Gasteiger partial charge in [0.25, 0.3) is 0 Å². The molecule has 0 radical (unpaired) electrons. The van der Waals surface area contributed by atoms with Crippen molar-refractivity contribution in [1.29, 1.82) is 0 Å². The summed E-state index contributed by atoms with van der Waals surface area (Å²) in [6, 6.07) is 0. The van der Waals surface area contributed by atoms with Gasteiger partial charge in [0.2, 0.25) is 10.4 Å². The first-order chi connectivity index (χ1) is 15.2. The van der Waals surface area contributed by atoms with E-state index in [1.807, 2.05) is 13.8 Å². The van der Waals surface area contributed by atoms with E-state index in [9.17, 15) is 18.1 Å². The third-order valence-electron chi connectivity index (χ3n) is 10.5. The molecule has 0 saturated heterocycles. The van der Waals surface area contributed by atoms with Gasteiger partial charge >= 0.3 is 29.6 Å². The predicted molar refractivity (Wildman–Crippen MR) is 129 cm³/mol. The third-order valence-corrected chi connectivity index (χ3v) is 11.0. The SMILES string of the molecule is CC(CCCC(C)(C)O)C1CCC2C3CC=C4CC(OS(=O)(=O)[O-])CCC4(C)C3CCC12C.[Na+]. The molecule has 8 unspecified atom stereocenters. The summed E-state index contributed by atoms with van der Waals surface area (Å²) in [5.74, 6) is 3.61. The Bertz CT molecular complexity index is 865. The van der Waals surface area contributed by atoms with Crippen molar-refractivity contribution in [3.8, 4) is 0 Å². The van der Waals surface area contributed by atoms with Crippen molar-refractivity contribution in [2.45, 2.75) is 117 Å². The molecule has 4 aliphatic rings. The Morgan fingerprint density at radius 2 is 1.88 bits per heavy atom. The van der Waals surface area contributed by atoms with Gasteiger partial charge in [-0.05, 0) is 112 Å². The smallest absolute Gasteiger partial charge is 0.726 e. The molecule has 5 nitrogen and oxygen atoms in total. The summed E-state index contributed by atoms with van der Waals surface area (Å²) in [6.45, 7) is 11.2. The van der Waals surface area contributed by atoms with Gasteiger partial charge in [0.15, 0.2) is 0 Å². The molecule has 0 aromatic heterocycles. The van der Waals surface area contributed by atoms with E-state index < -0.39 is 22.1 Å². The van der Waals surface area contributed by atoms with Gasteiger partial charge in [0.05, 0.1) is 11.7 Å². The van der Waals surface area contributed by atoms with E-state index in [0.717, 1.165) is 37.5 Å². The van der Waals surface area contributed by atoms with Gasteiger partial charge in [-0.15, -0.1) is 0 Å². The third kappa shape index (κ3) is 5.84. The largest absolute Gasteiger partial charge is 1.00 e. The van der Waals surface area contributed by atoms with Crippen LogP contribution in [0.1, 0.15) is 105 Å². The average Bonchev–Trinajstić information content (AvgIpc) is 3.03. The fourth-order valence-electron chi connectivity index (χ4n) is 8.91. The molecule has 8 atom stereocenters. The summed E-state index contributed by atoms with van der Waals surface area (Å²) in [5, 5.41) is 10.1. The number of rotatable bonds is 7. The standard InChI is InChI=1S/C27H46O5S.Na/c1-18(7-6-14-25(2,3)28)22-10-11-23-21-9-8-19-17-20(32-33(29,30)31)12-15-26(19,4)24(21)13-16-27(22,23)5;/h8,18,20-24,28H,6-7,9-17H2,1-5H3,(H,29,30,31);/q;+1/p-1. The first-order valence-electron chi connectivity index (χ1n) is 13.3. The molecule has 7 heteroatoms. The summed E-state index contributed by atoms with van der Waals surface area (Å²) in [6.07, 6.45) is 13.5. The second-order valence-corrected chi connectivity index (χ2v) is 14.0. The molecule has 34 heavy (non-hydrogen) atoms. The van der Waals surface area contributed by atoms with Gasteiger partial charge < -0.3 is 9.66 Å². The van der Waals surface area contributed by atoms with Crippen LogP contribution in [-0.4, -0.2) is 29.8 Å². The van der Waals surface area contributed by atoms with Crippen LogP contribution >= 0.6 is 0 Å². The van der Waals surface area contributed by atoms with E-state index in [2.05, 4.69) is 26.8 Å². The number of aliphatic hydroxyl groups is 1. The summed E-state index contributed by atoms with van der Waals surface area (Å²) in [7, 11) is -4.65. The van der Waals surface area contributed by atoms with Crippen LogP contribution in [0.5, 0.6) is 0 Å². The minimum Gasteiger partial charge on any atom is -0.726 e. The molecule has 190 valence electrons. The summed E-state index contributed by atoms with van der Waals surface area (Å²) < 4.78 is 38.2. The summed E-state index contributed by atoms with van der Waals surface area (Å²) in [5.41, 5.74) is 1.30. The van der Waals surface area contributed by atoms with Crippen LogP contribution in [-0.2, 0) is 14.6 Å². The van der Waals surface area contributed by atoms with E-state index in [1.54, 1.807) is 0 Å². The second-order valence-electron chi connectivity index (χ2n) is 13.0. The van der Waals surface area contributed by atoms with Gasteiger partial charge in [-0.3, -0.25) is 4.18 Å². The fourth-order valence-corrected chi connectivity index (χ4v) is 9.41. The molecule has 3 saturated carbocycles.